The summed E-state index contributed by atoms with van der Waals surface area (Å²) in [7, 11) is 1.80. The maximum absolute atomic E-state index is 13.9. The van der Waals surface area contributed by atoms with Crippen molar-refractivity contribution in [1.82, 2.24) is 10.2 Å². The van der Waals surface area contributed by atoms with Crippen LogP contribution in [0, 0.1) is 5.82 Å². The second-order valence-corrected chi connectivity index (χ2v) is 5.58. The van der Waals surface area contributed by atoms with E-state index in [4.69, 9.17) is 5.73 Å². The van der Waals surface area contributed by atoms with Crippen LogP contribution in [-0.4, -0.2) is 36.5 Å². The van der Waals surface area contributed by atoms with Gasteiger partial charge in [-0.2, -0.15) is 0 Å². The molecule has 3 N–H and O–H groups in total. The third kappa shape index (κ3) is 3.77. The Bertz CT molecular complexity index is 474. The van der Waals surface area contributed by atoms with Gasteiger partial charge in [0.1, 0.15) is 5.82 Å². The second-order valence-electron chi connectivity index (χ2n) is 5.58. The summed E-state index contributed by atoms with van der Waals surface area (Å²) >= 11 is 0. The van der Waals surface area contributed by atoms with Gasteiger partial charge in [0.25, 0.3) is 0 Å². The largest absolute Gasteiger partial charge is 0.352 e. The van der Waals surface area contributed by atoms with Crippen LogP contribution in [0.2, 0.25) is 0 Å². The Kier molecular flexibility index (Phi) is 4.73. The van der Waals surface area contributed by atoms with Crippen LogP contribution in [-0.2, 0) is 4.79 Å². The maximum atomic E-state index is 13.9. The quantitative estimate of drug-likeness (QED) is 0.828. The molecule has 5 heteroatoms. The van der Waals surface area contributed by atoms with Crippen LogP contribution in [0.5, 0.6) is 0 Å². The van der Waals surface area contributed by atoms with E-state index >= 15 is 0 Å². The zero-order valence-electron chi connectivity index (χ0n) is 12.0. The van der Waals surface area contributed by atoms with Gasteiger partial charge in [0, 0.05) is 17.6 Å². The van der Waals surface area contributed by atoms with Crippen LogP contribution in [0.1, 0.15) is 31.4 Å². The van der Waals surface area contributed by atoms with E-state index in [0.717, 1.165) is 12.8 Å². The Labute approximate surface area is 119 Å². The van der Waals surface area contributed by atoms with E-state index in [0.29, 0.717) is 11.6 Å². The third-order valence-electron chi connectivity index (χ3n) is 3.53. The summed E-state index contributed by atoms with van der Waals surface area (Å²) < 4.78 is 13.9. The van der Waals surface area contributed by atoms with Gasteiger partial charge in [-0.3, -0.25) is 9.69 Å². The van der Waals surface area contributed by atoms with Crippen molar-refractivity contribution in [2.45, 2.75) is 37.9 Å². The fraction of sp³-hybridized carbons (Fsp3) is 0.533. The average molecular weight is 279 g/mol. The molecule has 110 valence electrons. The Morgan fingerprint density at radius 2 is 2.15 bits per heavy atom. The Hall–Kier alpha value is -1.46. The minimum atomic E-state index is -0.318. The summed E-state index contributed by atoms with van der Waals surface area (Å²) in [6.45, 7) is 2.05. The normalized spacial score (nSPS) is 17.9. The molecule has 0 aromatic heterocycles. The molecule has 0 spiro atoms. The van der Waals surface area contributed by atoms with Crippen molar-refractivity contribution < 1.29 is 9.18 Å². The topological polar surface area (TPSA) is 58.4 Å². The maximum Gasteiger partial charge on any atom is 0.234 e. The zero-order valence-corrected chi connectivity index (χ0v) is 12.0. The molecule has 0 bridgehead atoms. The van der Waals surface area contributed by atoms with Gasteiger partial charge in [0.15, 0.2) is 0 Å². The molecule has 1 aliphatic carbocycles. The smallest absolute Gasteiger partial charge is 0.234 e. The molecular weight excluding hydrogens is 257 g/mol. The zero-order chi connectivity index (χ0) is 14.7. The summed E-state index contributed by atoms with van der Waals surface area (Å²) in [5, 5.41) is 2.93. The molecule has 1 fully saturated rings. The van der Waals surface area contributed by atoms with E-state index in [1.54, 1.807) is 30.1 Å². The highest BCUT2D eigenvalue weighted by molar-refractivity contribution is 5.78. The number of halogens is 1. The number of nitrogens with two attached hydrogens (primary N) is 1. The van der Waals surface area contributed by atoms with Crippen molar-refractivity contribution in [2.75, 3.05) is 13.6 Å². The van der Waals surface area contributed by atoms with Gasteiger partial charge in [0.05, 0.1) is 12.6 Å². The monoisotopic (exact) mass is 279 g/mol. The predicted octanol–water partition coefficient (Wildman–Crippen LogP) is 1.42. The number of nitrogens with zero attached hydrogens (tertiary/aromatic N) is 1. The fourth-order valence-electron chi connectivity index (χ4n) is 2.46. The molecule has 4 nitrogen and oxygen atoms in total. The molecule has 0 heterocycles. The minimum Gasteiger partial charge on any atom is -0.352 e. The summed E-state index contributed by atoms with van der Waals surface area (Å²) in [5.74, 6) is -0.318. The molecular formula is C15H22FN3O. The predicted molar refractivity (Wildman–Crippen MR) is 76.6 cm³/mol. The molecule has 0 radical (unpaired) electrons. The lowest BCUT2D eigenvalue weighted by molar-refractivity contribution is -0.122. The lowest BCUT2D eigenvalue weighted by Crippen LogP contribution is -2.43. The summed E-state index contributed by atoms with van der Waals surface area (Å²) in [5.41, 5.74) is 6.52. The standard InChI is InChI=1S/C15H22FN3O/c1-10(17)15(12-5-3-4-6-13(12)16)19(2)9-14(20)18-11-7-8-11/h3-6,10-11,15H,7-9,17H2,1-2H3,(H,18,20). The van der Waals surface area contributed by atoms with E-state index in [1.165, 1.54) is 6.07 Å². The van der Waals surface area contributed by atoms with Gasteiger partial charge in [-0.1, -0.05) is 18.2 Å². The van der Waals surface area contributed by atoms with Crippen LogP contribution < -0.4 is 11.1 Å². The summed E-state index contributed by atoms with van der Waals surface area (Å²) in [6, 6.07) is 6.31. The number of likely N-dealkylation sites (N-methyl/N-ethyl adjacent to an activating group) is 1. The van der Waals surface area contributed by atoms with Crippen molar-refractivity contribution >= 4 is 5.91 Å². The second kappa shape index (κ2) is 6.33. The lowest BCUT2D eigenvalue weighted by Gasteiger charge is -2.31. The molecule has 1 saturated carbocycles. The molecule has 1 amide bonds. The van der Waals surface area contributed by atoms with E-state index in [-0.39, 0.29) is 30.4 Å². The molecule has 0 saturated heterocycles. The molecule has 1 aromatic rings. The fourth-order valence-corrected chi connectivity index (χ4v) is 2.46. The molecule has 20 heavy (non-hydrogen) atoms. The number of benzene rings is 1. The van der Waals surface area contributed by atoms with Gasteiger partial charge >= 0.3 is 0 Å². The summed E-state index contributed by atoms with van der Waals surface area (Å²) in [6.07, 6.45) is 2.11. The average Bonchev–Trinajstić information content (AvgIpc) is 3.15. The number of carbonyl (C=O) groups excluding carboxylic acids is 1. The van der Waals surface area contributed by atoms with E-state index in [2.05, 4.69) is 5.32 Å². The van der Waals surface area contributed by atoms with E-state index < -0.39 is 0 Å². The highest BCUT2D eigenvalue weighted by Crippen LogP contribution is 2.25. The number of carbonyl (C=O) groups is 1. The lowest BCUT2D eigenvalue weighted by atomic mass is 9.99. The first-order valence-corrected chi connectivity index (χ1v) is 6.98. The first-order chi connectivity index (χ1) is 9.49. The van der Waals surface area contributed by atoms with Crippen LogP contribution >= 0.6 is 0 Å². The van der Waals surface area contributed by atoms with Crippen LogP contribution in [0.4, 0.5) is 4.39 Å². The van der Waals surface area contributed by atoms with Gasteiger partial charge in [0.2, 0.25) is 5.91 Å². The molecule has 0 aliphatic heterocycles. The number of rotatable bonds is 6. The highest BCUT2D eigenvalue weighted by Gasteiger charge is 2.28. The Morgan fingerprint density at radius 1 is 1.50 bits per heavy atom. The van der Waals surface area contributed by atoms with E-state index in [1.807, 2.05) is 6.92 Å². The number of amides is 1. The molecule has 2 atom stereocenters. The number of hydrogen-bond acceptors (Lipinski definition) is 3. The SMILES string of the molecule is CC(N)C(c1ccccc1F)N(C)CC(=O)NC1CC1. The molecule has 2 rings (SSSR count). The first-order valence-electron chi connectivity index (χ1n) is 6.98. The highest BCUT2D eigenvalue weighted by atomic mass is 19.1. The first kappa shape index (κ1) is 14.9. The van der Waals surface area contributed by atoms with Crippen LogP contribution in [0.25, 0.3) is 0 Å². The van der Waals surface area contributed by atoms with Gasteiger partial charge in [-0.25, -0.2) is 4.39 Å². The van der Waals surface area contributed by atoms with Gasteiger partial charge in [-0.05, 0) is 32.9 Å². The van der Waals surface area contributed by atoms with Gasteiger partial charge in [-0.15, -0.1) is 0 Å². The number of nitrogens with one attached hydrogen (secondary N) is 1. The molecule has 1 aliphatic rings. The van der Waals surface area contributed by atoms with Crippen LogP contribution in [0.3, 0.4) is 0 Å². The minimum absolute atomic E-state index is 0.0306. The van der Waals surface area contributed by atoms with Crippen molar-refractivity contribution in [3.63, 3.8) is 0 Å². The van der Waals surface area contributed by atoms with E-state index in [9.17, 15) is 9.18 Å². The van der Waals surface area contributed by atoms with Crippen molar-refractivity contribution in [3.8, 4) is 0 Å². The summed E-state index contributed by atoms with van der Waals surface area (Å²) in [4.78, 5) is 13.7. The van der Waals surface area contributed by atoms with Crippen molar-refractivity contribution in [3.05, 3.63) is 35.6 Å². The Morgan fingerprint density at radius 3 is 2.70 bits per heavy atom. The molecule has 2 unspecified atom stereocenters. The third-order valence-corrected chi connectivity index (χ3v) is 3.53. The van der Waals surface area contributed by atoms with Crippen molar-refractivity contribution in [2.24, 2.45) is 5.73 Å². The molecule has 1 aromatic carbocycles. The number of hydrogen-bond donors (Lipinski definition) is 2. The Balaban J connectivity index is 2.07. The van der Waals surface area contributed by atoms with Crippen molar-refractivity contribution in [1.29, 1.82) is 0 Å². The van der Waals surface area contributed by atoms with Crippen LogP contribution in [0.15, 0.2) is 24.3 Å². The van der Waals surface area contributed by atoms with Gasteiger partial charge < -0.3 is 11.1 Å².